The fraction of sp³-hybridized carbons (Fsp3) is 0.312. The van der Waals surface area contributed by atoms with Crippen LogP contribution in [0.2, 0.25) is 0 Å². The molecule has 12 rings (SSSR count). The van der Waals surface area contributed by atoms with Gasteiger partial charge in [-0.3, -0.25) is 0 Å². The molecule has 6 atom stereocenters. The first-order valence-electron chi connectivity index (χ1n) is 25.6. The molecule has 6 unspecified atom stereocenters. The van der Waals surface area contributed by atoms with Gasteiger partial charge in [0.25, 0.3) is 0 Å². The second kappa shape index (κ2) is 16.8. The Morgan fingerprint density at radius 1 is 0.642 bits per heavy atom. The summed E-state index contributed by atoms with van der Waals surface area (Å²) >= 11 is 0. The number of para-hydroxylation sites is 2. The van der Waals surface area contributed by atoms with Crippen LogP contribution in [-0.2, 0) is 5.41 Å². The first kappa shape index (κ1) is 42.1. The summed E-state index contributed by atoms with van der Waals surface area (Å²) in [6.07, 6.45) is 38.6. The summed E-state index contributed by atoms with van der Waals surface area (Å²) in [5.74, 6) is 2.22. The van der Waals surface area contributed by atoms with Gasteiger partial charge in [-0.25, -0.2) is 0 Å². The van der Waals surface area contributed by atoms with Crippen molar-refractivity contribution in [1.82, 2.24) is 9.47 Å². The van der Waals surface area contributed by atoms with Crippen molar-refractivity contribution in [1.29, 1.82) is 0 Å². The van der Waals surface area contributed by atoms with Gasteiger partial charge in [0, 0.05) is 74.1 Å². The van der Waals surface area contributed by atoms with Crippen molar-refractivity contribution in [3.8, 4) is 5.69 Å². The van der Waals surface area contributed by atoms with Gasteiger partial charge in [-0.05, 0) is 163 Å². The lowest BCUT2D eigenvalue weighted by molar-refractivity contribution is 0.382. The van der Waals surface area contributed by atoms with E-state index in [0.29, 0.717) is 23.7 Å². The van der Waals surface area contributed by atoms with Gasteiger partial charge < -0.3 is 14.4 Å². The van der Waals surface area contributed by atoms with Gasteiger partial charge in [0.2, 0.25) is 0 Å². The second-order valence-electron chi connectivity index (χ2n) is 21.0. The number of fused-ring (bicyclic) bond motifs is 7. The van der Waals surface area contributed by atoms with E-state index in [2.05, 4.69) is 219 Å². The Balaban J connectivity index is 1.05. The van der Waals surface area contributed by atoms with Crippen molar-refractivity contribution in [2.45, 2.75) is 103 Å². The summed E-state index contributed by atoms with van der Waals surface area (Å²) in [5, 5.41) is 1.44. The summed E-state index contributed by atoms with van der Waals surface area (Å²) < 4.78 is 2.65. The van der Waals surface area contributed by atoms with Crippen molar-refractivity contribution in [2.24, 2.45) is 23.7 Å². The van der Waals surface area contributed by atoms with Crippen LogP contribution >= 0.6 is 0 Å². The highest BCUT2D eigenvalue weighted by molar-refractivity contribution is 5.99. The zero-order valence-electron chi connectivity index (χ0n) is 40.1. The molecule has 336 valence electrons. The third kappa shape index (κ3) is 6.90. The molecule has 1 fully saturated rings. The fourth-order valence-electron chi connectivity index (χ4n) is 13.4. The van der Waals surface area contributed by atoms with Crippen LogP contribution in [0.25, 0.3) is 28.2 Å². The Bertz CT molecular complexity index is 3020. The van der Waals surface area contributed by atoms with E-state index < -0.39 is 0 Å². The van der Waals surface area contributed by atoms with Gasteiger partial charge in [-0.1, -0.05) is 145 Å². The molecule has 0 N–H and O–H groups in total. The van der Waals surface area contributed by atoms with Gasteiger partial charge >= 0.3 is 0 Å². The Hall–Kier alpha value is -6.32. The van der Waals surface area contributed by atoms with Crippen molar-refractivity contribution in [3.05, 3.63) is 220 Å². The average Bonchev–Trinajstić information content (AvgIpc) is 4.05. The fourth-order valence-corrected chi connectivity index (χ4v) is 13.4. The monoisotopic (exact) mass is 876 g/mol. The molecule has 1 spiro atoms. The van der Waals surface area contributed by atoms with Crippen LogP contribution in [0.3, 0.4) is 0 Å². The molecule has 7 aliphatic carbocycles. The largest absolute Gasteiger partial charge is 0.318 e. The van der Waals surface area contributed by atoms with Gasteiger partial charge in [0.1, 0.15) is 0 Å². The summed E-state index contributed by atoms with van der Waals surface area (Å²) in [5.41, 5.74) is 20.9. The van der Waals surface area contributed by atoms with Crippen LogP contribution in [0.1, 0.15) is 126 Å². The molecule has 0 bridgehead atoms. The highest BCUT2D eigenvalue weighted by Gasteiger charge is 2.49. The van der Waals surface area contributed by atoms with E-state index in [0.717, 1.165) is 37.1 Å². The molecule has 3 heteroatoms. The zero-order valence-corrected chi connectivity index (χ0v) is 40.1. The van der Waals surface area contributed by atoms with E-state index in [1.807, 2.05) is 0 Å². The minimum absolute atomic E-state index is 0.0943. The number of aromatic nitrogens is 1. The number of hydrogen-bond acceptors (Lipinski definition) is 2. The Kier molecular flexibility index (Phi) is 10.5. The van der Waals surface area contributed by atoms with Gasteiger partial charge in [-0.15, -0.1) is 0 Å². The second-order valence-corrected chi connectivity index (χ2v) is 21.0. The predicted octanol–water partition coefficient (Wildman–Crippen LogP) is 16.9. The van der Waals surface area contributed by atoms with Crippen molar-refractivity contribution in [2.75, 3.05) is 4.90 Å². The number of nitrogens with zero attached hydrogens (tertiary/aromatic N) is 3. The summed E-state index contributed by atoms with van der Waals surface area (Å²) in [6.45, 7) is 12.1. The van der Waals surface area contributed by atoms with Crippen LogP contribution in [0.4, 0.5) is 11.4 Å². The molecule has 4 aromatic carbocycles. The van der Waals surface area contributed by atoms with Crippen LogP contribution < -0.4 is 4.90 Å². The maximum atomic E-state index is 2.68. The first-order valence-corrected chi connectivity index (χ1v) is 25.6. The normalized spacial score (nSPS) is 25.7. The maximum Gasteiger partial charge on any atom is 0.0541 e. The molecule has 1 aromatic heterocycles. The minimum Gasteiger partial charge on any atom is -0.318 e. The quantitative estimate of drug-likeness (QED) is 0.154. The predicted molar refractivity (Wildman–Crippen MR) is 282 cm³/mol. The smallest absolute Gasteiger partial charge is 0.0541 e. The minimum atomic E-state index is 0.0943. The van der Waals surface area contributed by atoms with Crippen LogP contribution in [-0.4, -0.2) is 9.47 Å². The number of benzene rings is 4. The number of hydrogen-bond donors (Lipinski definition) is 0. The lowest BCUT2D eigenvalue weighted by Gasteiger charge is -2.42. The third-order valence-electron chi connectivity index (χ3n) is 16.7. The van der Waals surface area contributed by atoms with E-state index in [1.165, 1.54) is 93.0 Å². The van der Waals surface area contributed by atoms with Crippen LogP contribution in [0, 0.1) is 23.7 Å². The molecule has 7 aliphatic rings. The van der Waals surface area contributed by atoms with Crippen LogP contribution in [0.15, 0.2) is 192 Å². The Labute approximate surface area is 399 Å². The maximum absolute atomic E-state index is 2.68. The third-order valence-corrected chi connectivity index (χ3v) is 16.7. The molecule has 0 aliphatic heterocycles. The first-order chi connectivity index (χ1) is 32.8. The molecular weight excluding hydrogens is 811 g/mol. The highest BCUT2D eigenvalue weighted by atomic mass is 15.2. The van der Waals surface area contributed by atoms with E-state index in [4.69, 9.17) is 0 Å². The molecule has 0 radical (unpaired) electrons. The summed E-state index contributed by atoms with van der Waals surface area (Å²) in [6, 6.07) is 36.9. The van der Waals surface area contributed by atoms with Crippen molar-refractivity contribution >= 4 is 33.9 Å². The average molecular weight is 876 g/mol. The number of rotatable bonds is 8. The van der Waals surface area contributed by atoms with Gasteiger partial charge in [0.05, 0.1) is 5.52 Å². The molecule has 0 amide bonds. The molecule has 1 heterocycles. The van der Waals surface area contributed by atoms with Gasteiger partial charge in [-0.2, -0.15) is 0 Å². The van der Waals surface area contributed by atoms with E-state index in [9.17, 15) is 0 Å². The lowest BCUT2D eigenvalue weighted by atomic mass is 9.70. The topological polar surface area (TPSA) is 11.4 Å². The molecular formula is C64H65N3. The van der Waals surface area contributed by atoms with Crippen molar-refractivity contribution in [3.63, 3.8) is 0 Å². The summed E-state index contributed by atoms with van der Waals surface area (Å²) in [4.78, 5) is 5.11. The number of allylic oxidation sites excluding steroid dienone is 15. The highest BCUT2D eigenvalue weighted by Crippen LogP contribution is 2.60. The Morgan fingerprint density at radius 2 is 1.37 bits per heavy atom. The molecule has 0 saturated heterocycles. The molecule has 67 heavy (non-hydrogen) atoms. The Morgan fingerprint density at radius 3 is 2.10 bits per heavy atom. The molecule has 3 nitrogen and oxygen atoms in total. The standard InChI is InChI=1S/C64H65N3/c1-42-31-33-50(34-32-42)66(58-29-13-12-19-43(58)2)60-39-52(65(48-23-8-6-9-24-48)49-25-10-7-11-26-49)38-54(46(60)5)47-22-18-27-51(37-47)67-59-30-17-20-44(3)62(59)56-40-55-53-28-16-21-45(4)63(53)64(35-14-15-36-64)57(55)41-61(56)67/h6-13,16-18,22-31,33-34,37-46,54H,14-15,19-21,32,35-36H2,1-5H3. The van der Waals surface area contributed by atoms with E-state index in [-0.39, 0.29) is 17.3 Å². The van der Waals surface area contributed by atoms with Gasteiger partial charge in [0.15, 0.2) is 0 Å². The number of anilines is 2. The molecule has 1 saturated carbocycles. The van der Waals surface area contributed by atoms with E-state index >= 15 is 0 Å². The van der Waals surface area contributed by atoms with E-state index in [1.54, 1.807) is 11.1 Å². The summed E-state index contributed by atoms with van der Waals surface area (Å²) in [7, 11) is 0. The van der Waals surface area contributed by atoms with Crippen molar-refractivity contribution < 1.29 is 0 Å². The molecule has 5 aromatic rings. The SMILES string of the molecule is CC1C=CC(N(C2=CC=CCC2C)C2=CC(N(c3ccccc3)c3ccccc3)=CC(c3cccc(-n4c5c(c6cc7c(cc64)C4(CCCC4)C4=C7C=CCC4C)C(C)CC=C5)c3)C2C)=CC1. The zero-order chi connectivity index (χ0) is 45.4. The van der Waals surface area contributed by atoms with Crippen LogP contribution in [0.5, 0.6) is 0 Å². The lowest BCUT2D eigenvalue weighted by Crippen LogP contribution is -2.34.